The van der Waals surface area contributed by atoms with Crippen molar-refractivity contribution in [1.29, 1.82) is 0 Å². The summed E-state index contributed by atoms with van der Waals surface area (Å²) in [5.41, 5.74) is 1.11. The maximum Gasteiger partial charge on any atom is 0.228 e. The number of allylic oxidation sites excluding steroid dienone is 2. The van der Waals surface area contributed by atoms with Crippen molar-refractivity contribution in [3.63, 3.8) is 0 Å². The number of aliphatic carboxylic acids is 1. The molecule has 0 radical (unpaired) electrons. The van der Waals surface area contributed by atoms with E-state index in [4.69, 9.17) is 0 Å². The third-order valence-electron chi connectivity index (χ3n) is 4.48. The van der Waals surface area contributed by atoms with E-state index in [0.717, 1.165) is 0 Å². The van der Waals surface area contributed by atoms with E-state index in [2.05, 4.69) is 5.32 Å². The summed E-state index contributed by atoms with van der Waals surface area (Å²) in [4.78, 5) is 23.7. The predicted octanol–water partition coefficient (Wildman–Crippen LogP) is 1.26. The lowest BCUT2D eigenvalue weighted by Crippen LogP contribution is -2.42. The molecule has 0 heterocycles. The molecule has 2 bridgehead atoms. The lowest BCUT2D eigenvalue weighted by molar-refractivity contribution is -0.313. The normalized spacial score (nSPS) is 29.6. The van der Waals surface area contributed by atoms with Crippen LogP contribution < -0.4 is 10.4 Å². The second kappa shape index (κ2) is 4.98. The molecule has 5 heteroatoms. The minimum absolute atomic E-state index is 0.0568. The summed E-state index contributed by atoms with van der Waals surface area (Å²) in [5, 5.41) is 14.0. The molecule has 2 aliphatic carbocycles. The maximum atomic E-state index is 13.1. The fraction of sp³-hybridized carbons (Fsp3) is 0.375. The van der Waals surface area contributed by atoms with Gasteiger partial charge in [-0.25, -0.2) is 4.39 Å². The monoisotopic (exact) mass is 288 g/mol. The summed E-state index contributed by atoms with van der Waals surface area (Å²) >= 11 is 0. The number of fused-ring (bicyclic) bond motifs is 2. The minimum Gasteiger partial charge on any atom is -0.550 e. The summed E-state index contributed by atoms with van der Waals surface area (Å²) in [7, 11) is 0. The molecule has 21 heavy (non-hydrogen) atoms. The average molecular weight is 288 g/mol. The van der Waals surface area contributed by atoms with Crippen LogP contribution in [0.3, 0.4) is 0 Å². The Morgan fingerprint density at radius 3 is 2.52 bits per heavy atom. The maximum absolute atomic E-state index is 13.1. The number of hydrogen-bond donors (Lipinski definition) is 1. The van der Waals surface area contributed by atoms with Gasteiger partial charge < -0.3 is 15.2 Å². The highest BCUT2D eigenvalue weighted by atomic mass is 19.1. The van der Waals surface area contributed by atoms with E-state index < -0.39 is 17.8 Å². The van der Waals surface area contributed by atoms with Crippen molar-refractivity contribution in [3.8, 4) is 0 Å². The molecule has 0 aromatic heterocycles. The van der Waals surface area contributed by atoms with Gasteiger partial charge in [-0.2, -0.15) is 0 Å². The predicted molar refractivity (Wildman–Crippen MR) is 72.5 cm³/mol. The van der Waals surface area contributed by atoms with Gasteiger partial charge in [-0.05, 0) is 48.9 Å². The number of carbonyl (C=O) groups excluding carboxylic acids is 2. The molecule has 1 saturated carbocycles. The number of amides is 1. The first-order valence-corrected chi connectivity index (χ1v) is 6.93. The fourth-order valence-corrected chi connectivity index (χ4v) is 3.48. The first-order valence-electron chi connectivity index (χ1n) is 6.93. The van der Waals surface area contributed by atoms with E-state index in [1.165, 1.54) is 18.2 Å². The summed E-state index contributed by atoms with van der Waals surface area (Å²) in [6.07, 6.45) is 4.45. The number of rotatable bonds is 3. The van der Waals surface area contributed by atoms with Crippen molar-refractivity contribution in [2.24, 2.45) is 23.7 Å². The van der Waals surface area contributed by atoms with Gasteiger partial charge in [0.2, 0.25) is 5.91 Å². The van der Waals surface area contributed by atoms with Gasteiger partial charge in [0.15, 0.2) is 0 Å². The lowest BCUT2D eigenvalue weighted by Gasteiger charge is -2.28. The number of carbonyl (C=O) groups is 2. The molecule has 0 saturated heterocycles. The van der Waals surface area contributed by atoms with Gasteiger partial charge in [0.05, 0.1) is 5.92 Å². The number of anilines is 1. The van der Waals surface area contributed by atoms with E-state index in [1.807, 2.05) is 12.2 Å². The van der Waals surface area contributed by atoms with Crippen molar-refractivity contribution >= 4 is 17.6 Å². The van der Waals surface area contributed by atoms with Crippen molar-refractivity contribution in [2.45, 2.75) is 13.3 Å². The van der Waals surface area contributed by atoms with Crippen LogP contribution in [-0.4, -0.2) is 11.9 Å². The minimum atomic E-state index is -1.18. The highest BCUT2D eigenvalue weighted by molar-refractivity contribution is 5.96. The van der Waals surface area contributed by atoms with Crippen molar-refractivity contribution < 1.29 is 19.1 Å². The van der Waals surface area contributed by atoms with E-state index in [-0.39, 0.29) is 23.6 Å². The first kappa shape index (κ1) is 13.8. The molecule has 4 nitrogen and oxygen atoms in total. The summed E-state index contributed by atoms with van der Waals surface area (Å²) < 4.78 is 13.1. The van der Waals surface area contributed by atoms with Crippen LogP contribution in [0.15, 0.2) is 30.4 Å². The van der Waals surface area contributed by atoms with Gasteiger partial charge >= 0.3 is 0 Å². The zero-order valence-electron chi connectivity index (χ0n) is 11.5. The molecule has 2 aliphatic rings. The molecule has 4 atom stereocenters. The molecule has 1 aromatic rings. The van der Waals surface area contributed by atoms with Crippen LogP contribution in [0.5, 0.6) is 0 Å². The zero-order valence-corrected chi connectivity index (χ0v) is 11.5. The highest BCUT2D eigenvalue weighted by Gasteiger charge is 2.48. The molecular formula is C16H15FNO3-. The molecule has 1 aromatic carbocycles. The van der Waals surface area contributed by atoms with Crippen LogP contribution in [0, 0.1) is 36.4 Å². The fourth-order valence-electron chi connectivity index (χ4n) is 3.48. The summed E-state index contributed by atoms with van der Waals surface area (Å²) in [6, 6.07) is 4.08. The Labute approximate surface area is 121 Å². The number of benzene rings is 1. The van der Waals surface area contributed by atoms with Crippen LogP contribution in [0.25, 0.3) is 0 Å². The van der Waals surface area contributed by atoms with E-state index in [9.17, 15) is 19.1 Å². The van der Waals surface area contributed by atoms with Crippen LogP contribution >= 0.6 is 0 Å². The van der Waals surface area contributed by atoms with Gasteiger partial charge in [0.1, 0.15) is 5.82 Å². The third kappa shape index (κ3) is 2.33. The van der Waals surface area contributed by atoms with Crippen molar-refractivity contribution in [3.05, 3.63) is 41.7 Å². The molecular weight excluding hydrogens is 273 g/mol. The first-order chi connectivity index (χ1) is 9.97. The molecule has 1 fully saturated rings. The Bertz CT molecular complexity index is 640. The van der Waals surface area contributed by atoms with Crippen molar-refractivity contribution in [2.75, 3.05) is 5.32 Å². The van der Waals surface area contributed by atoms with Crippen molar-refractivity contribution in [1.82, 2.24) is 0 Å². The highest BCUT2D eigenvalue weighted by Crippen LogP contribution is 2.48. The van der Waals surface area contributed by atoms with Crippen LogP contribution in [0.1, 0.15) is 12.0 Å². The molecule has 1 amide bonds. The number of carboxylic acid groups (broad SMARTS) is 1. The molecule has 0 unspecified atom stereocenters. The summed E-state index contributed by atoms with van der Waals surface area (Å²) in [6.45, 7) is 1.69. The van der Waals surface area contributed by atoms with Gasteiger partial charge in [-0.3, -0.25) is 4.79 Å². The number of nitrogens with one attached hydrogen (secondary N) is 1. The van der Waals surface area contributed by atoms with Crippen LogP contribution in [-0.2, 0) is 9.59 Å². The van der Waals surface area contributed by atoms with Gasteiger partial charge in [0.25, 0.3) is 0 Å². The third-order valence-corrected chi connectivity index (χ3v) is 4.48. The number of hydrogen-bond acceptors (Lipinski definition) is 3. The van der Waals surface area contributed by atoms with E-state index in [0.29, 0.717) is 17.7 Å². The van der Waals surface area contributed by atoms with Gasteiger partial charge in [-0.15, -0.1) is 0 Å². The SMILES string of the molecule is Cc1cc(F)ccc1NC(=O)[C@H]1[C@@H](C(=O)[O-])[C@H]2C=C[C@@H]1C2. The topological polar surface area (TPSA) is 69.2 Å². The molecule has 0 spiro atoms. The molecule has 0 aliphatic heterocycles. The van der Waals surface area contributed by atoms with E-state index in [1.54, 1.807) is 6.92 Å². The molecule has 3 rings (SSSR count). The second-order valence-electron chi connectivity index (χ2n) is 5.77. The number of aryl methyl sites for hydroxylation is 1. The average Bonchev–Trinajstić information content (AvgIpc) is 3.02. The largest absolute Gasteiger partial charge is 0.550 e. The standard InChI is InChI=1S/C16H16FNO3/c1-8-6-11(17)4-5-12(8)18-15(19)13-9-2-3-10(7-9)14(13)16(20)21/h2-6,9-10,13-14H,7H2,1H3,(H,18,19)(H,20,21)/p-1/t9-,10+,13-,14+/m1/s1. The van der Waals surface area contributed by atoms with Gasteiger partial charge in [-0.1, -0.05) is 12.2 Å². The lowest BCUT2D eigenvalue weighted by atomic mass is 9.82. The Kier molecular flexibility index (Phi) is 3.27. The Hall–Kier alpha value is -2.17. The molecule has 110 valence electrons. The number of halogens is 1. The number of carboxylic acids is 1. The Morgan fingerprint density at radius 1 is 1.24 bits per heavy atom. The smallest absolute Gasteiger partial charge is 0.228 e. The quantitative estimate of drug-likeness (QED) is 0.851. The summed E-state index contributed by atoms with van der Waals surface area (Å²) in [5.74, 6) is -3.46. The molecule has 1 N–H and O–H groups in total. The van der Waals surface area contributed by atoms with Gasteiger partial charge in [0, 0.05) is 17.6 Å². The van der Waals surface area contributed by atoms with Crippen LogP contribution in [0.4, 0.5) is 10.1 Å². The Morgan fingerprint density at radius 2 is 1.90 bits per heavy atom. The zero-order chi connectivity index (χ0) is 15.1. The van der Waals surface area contributed by atoms with E-state index >= 15 is 0 Å². The second-order valence-corrected chi connectivity index (χ2v) is 5.77. The Balaban J connectivity index is 1.82. The van der Waals surface area contributed by atoms with Crippen LogP contribution in [0.2, 0.25) is 0 Å².